The van der Waals surface area contributed by atoms with Crippen molar-refractivity contribution >= 4 is 34.0 Å². The molecule has 1 aromatic carbocycles. The molecule has 3 aromatic rings. The molecular weight excluding hydrogens is 324 g/mol. The number of aromatic hydroxyl groups is 1. The third kappa shape index (κ3) is 2.98. The van der Waals surface area contributed by atoms with Crippen molar-refractivity contribution in [1.29, 1.82) is 0 Å². The van der Waals surface area contributed by atoms with Crippen molar-refractivity contribution in [3.8, 4) is 22.2 Å². The van der Waals surface area contributed by atoms with E-state index in [2.05, 4.69) is 10.1 Å². The van der Waals surface area contributed by atoms with Gasteiger partial charge in [0.25, 0.3) is 5.89 Å². The van der Waals surface area contributed by atoms with E-state index in [1.807, 2.05) is 17.5 Å². The Morgan fingerprint density at radius 2 is 2.27 bits per heavy atom. The Kier molecular flexibility index (Phi) is 4.13. The molecule has 5 nitrogen and oxygen atoms in total. The average Bonchev–Trinajstić information content (AvgIpc) is 3.18. The van der Waals surface area contributed by atoms with E-state index in [4.69, 9.17) is 20.9 Å². The van der Waals surface area contributed by atoms with Crippen LogP contribution in [-0.2, 0) is 0 Å². The third-order valence-corrected chi connectivity index (χ3v) is 4.00. The molecule has 2 heterocycles. The molecule has 0 amide bonds. The summed E-state index contributed by atoms with van der Waals surface area (Å²) in [6.07, 6.45) is 1.63. The highest BCUT2D eigenvalue weighted by molar-refractivity contribution is 7.13. The lowest BCUT2D eigenvalue weighted by Gasteiger charge is -2.03. The third-order valence-electron chi connectivity index (χ3n) is 2.87. The molecule has 7 heteroatoms. The van der Waals surface area contributed by atoms with Crippen LogP contribution < -0.4 is 4.74 Å². The van der Waals surface area contributed by atoms with Crippen LogP contribution in [0.25, 0.3) is 21.8 Å². The van der Waals surface area contributed by atoms with E-state index in [1.165, 1.54) is 24.5 Å². The minimum absolute atomic E-state index is 0.0329. The molecule has 0 spiro atoms. The van der Waals surface area contributed by atoms with Crippen molar-refractivity contribution in [3.05, 3.63) is 47.2 Å². The fourth-order valence-electron chi connectivity index (χ4n) is 1.83. The molecule has 0 aliphatic heterocycles. The van der Waals surface area contributed by atoms with Crippen molar-refractivity contribution in [2.45, 2.75) is 0 Å². The number of nitrogens with zero attached hydrogens (tertiary/aromatic N) is 2. The van der Waals surface area contributed by atoms with Gasteiger partial charge in [0.2, 0.25) is 5.82 Å². The SMILES string of the molecule is COc1ccc(/C=C(\Cl)c2nc(-c3cccs3)no2)cc1O. The zero-order valence-corrected chi connectivity index (χ0v) is 13.1. The molecule has 0 radical (unpaired) electrons. The molecule has 22 heavy (non-hydrogen) atoms. The van der Waals surface area contributed by atoms with Crippen LogP contribution in [0.15, 0.2) is 40.2 Å². The number of hydrogen-bond donors (Lipinski definition) is 1. The summed E-state index contributed by atoms with van der Waals surface area (Å²) in [6, 6.07) is 8.76. The molecule has 0 bridgehead atoms. The standard InChI is InChI=1S/C15H11ClN2O3S/c1-20-12-5-4-9(8-11(12)19)7-10(16)15-17-14(18-21-15)13-3-2-6-22-13/h2-8,19H,1H3/b10-7-. The molecule has 0 saturated carbocycles. The first kappa shape index (κ1) is 14.6. The predicted octanol–water partition coefficient (Wildman–Crippen LogP) is 4.25. The molecule has 0 saturated heterocycles. The Labute approximate surface area is 135 Å². The van der Waals surface area contributed by atoms with E-state index in [9.17, 15) is 5.11 Å². The van der Waals surface area contributed by atoms with Crippen LogP contribution >= 0.6 is 22.9 Å². The Balaban J connectivity index is 1.87. The Morgan fingerprint density at radius 3 is 2.95 bits per heavy atom. The highest BCUT2D eigenvalue weighted by atomic mass is 35.5. The van der Waals surface area contributed by atoms with Gasteiger partial charge in [0, 0.05) is 0 Å². The number of benzene rings is 1. The predicted molar refractivity (Wildman–Crippen MR) is 86.0 cm³/mol. The van der Waals surface area contributed by atoms with Gasteiger partial charge in [-0.05, 0) is 35.2 Å². The van der Waals surface area contributed by atoms with E-state index in [1.54, 1.807) is 18.2 Å². The molecule has 3 rings (SSSR count). The molecule has 112 valence electrons. The highest BCUT2D eigenvalue weighted by Gasteiger charge is 2.12. The molecule has 2 aromatic heterocycles. The molecule has 0 aliphatic rings. The van der Waals surface area contributed by atoms with Crippen molar-refractivity contribution in [1.82, 2.24) is 10.1 Å². The van der Waals surface area contributed by atoms with E-state index >= 15 is 0 Å². The van der Waals surface area contributed by atoms with Crippen LogP contribution in [0.5, 0.6) is 11.5 Å². The molecule has 0 aliphatic carbocycles. The van der Waals surface area contributed by atoms with Crippen LogP contribution in [-0.4, -0.2) is 22.4 Å². The Morgan fingerprint density at radius 1 is 1.41 bits per heavy atom. The molecule has 0 atom stereocenters. The minimum Gasteiger partial charge on any atom is -0.504 e. The summed E-state index contributed by atoms with van der Waals surface area (Å²) in [5.41, 5.74) is 0.694. The summed E-state index contributed by atoms with van der Waals surface area (Å²) in [7, 11) is 1.49. The maximum absolute atomic E-state index is 9.76. The van der Waals surface area contributed by atoms with Gasteiger partial charge < -0.3 is 14.4 Å². The summed E-state index contributed by atoms with van der Waals surface area (Å²) in [4.78, 5) is 5.15. The number of rotatable bonds is 4. The normalized spacial score (nSPS) is 11.6. The molecule has 0 unspecified atom stereocenters. The molecular formula is C15H11ClN2O3S. The van der Waals surface area contributed by atoms with E-state index in [0.29, 0.717) is 22.2 Å². The van der Waals surface area contributed by atoms with Gasteiger partial charge in [-0.25, -0.2) is 0 Å². The first-order valence-electron chi connectivity index (χ1n) is 6.29. The quantitative estimate of drug-likeness (QED) is 0.772. The first-order chi connectivity index (χ1) is 10.7. The summed E-state index contributed by atoms with van der Waals surface area (Å²) < 4.78 is 10.1. The number of methoxy groups -OCH3 is 1. The van der Waals surface area contributed by atoms with Gasteiger partial charge in [-0.2, -0.15) is 4.98 Å². The number of phenols is 1. The van der Waals surface area contributed by atoms with Crippen LogP contribution in [0, 0.1) is 0 Å². The van der Waals surface area contributed by atoms with Gasteiger partial charge in [0.15, 0.2) is 11.5 Å². The topological polar surface area (TPSA) is 68.4 Å². The summed E-state index contributed by atoms with van der Waals surface area (Å²) in [5, 5.41) is 15.9. The second-order valence-corrected chi connectivity index (χ2v) is 5.68. The van der Waals surface area contributed by atoms with E-state index in [0.717, 1.165) is 4.88 Å². The maximum Gasteiger partial charge on any atom is 0.269 e. The number of hydrogen-bond acceptors (Lipinski definition) is 6. The van der Waals surface area contributed by atoms with Crippen LogP contribution in [0.4, 0.5) is 0 Å². The smallest absolute Gasteiger partial charge is 0.269 e. The largest absolute Gasteiger partial charge is 0.504 e. The van der Waals surface area contributed by atoms with Crippen LogP contribution in [0.2, 0.25) is 0 Å². The molecule has 0 fully saturated rings. The van der Waals surface area contributed by atoms with Crippen molar-refractivity contribution in [2.24, 2.45) is 0 Å². The monoisotopic (exact) mass is 334 g/mol. The fourth-order valence-corrected chi connectivity index (χ4v) is 2.68. The van der Waals surface area contributed by atoms with Gasteiger partial charge in [0.1, 0.15) is 5.03 Å². The lowest BCUT2D eigenvalue weighted by Crippen LogP contribution is -1.84. The highest BCUT2D eigenvalue weighted by Crippen LogP contribution is 2.30. The Bertz CT molecular complexity index is 812. The second kappa shape index (κ2) is 6.21. The lowest BCUT2D eigenvalue weighted by molar-refractivity contribution is 0.373. The van der Waals surface area contributed by atoms with Crippen molar-refractivity contribution in [3.63, 3.8) is 0 Å². The number of phenolic OH excluding ortho intramolecular Hbond substituents is 1. The van der Waals surface area contributed by atoms with Gasteiger partial charge >= 0.3 is 0 Å². The zero-order chi connectivity index (χ0) is 15.5. The first-order valence-corrected chi connectivity index (χ1v) is 7.55. The zero-order valence-electron chi connectivity index (χ0n) is 11.5. The van der Waals surface area contributed by atoms with E-state index < -0.39 is 0 Å². The maximum atomic E-state index is 9.76. The van der Waals surface area contributed by atoms with Crippen molar-refractivity contribution in [2.75, 3.05) is 7.11 Å². The lowest BCUT2D eigenvalue weighted by atomic mass is 10.2. The number of halogens is 1. The van der Waals surface area contributed by atoms with Gasteiger partial charge in [-0.1, -0.05) is 28.9 Å². The van der Waals surface area contributed by atoms with Crippen LogP contribution in [0.1, 0.15) is 11.5 Å². The van der Waals surface area contributed by atoms with E-state index in [-0.39, 0.29) is 11.6 Å². The fraction of sp³-hybridized carbons (Fsp3) is 0.0667. The second-order valence-electron chi connectivity index (χ2n) is 4.32. The van der Waals surface area contributed by atoms with Gasteiger partial charge in [0.05, 0.1) is 12.0 Å². The average molecular weight is 335 g/mol. The van der Waals surface area contributed by atoms with Crippen molar-refractivity contribution < 1.29 is 14.4 Å². The van der Waals surface area contributed by atoms with Gasteiger partial charge in [-0.3, -0.25) is 0 Å². The Hall–Kier alpha value is -2.31. The van der Waals surface area contributed by atoms with Crippen LogP contribution in [0.3, 0.4) is 0 Å². The number of aromatic nitrogens is 2. The van der Waals surface area contributed by atoms with Gasteiger partial charge in [-0.15, -0.1) is 11.3 Å². The summed E-state index contributed by atoms with van der Waals surface area (Å²) in [5.74, 6) is 1.14. The summed E-state index contributed by atoms with van der Waals surface area (Å²) >= 11 is 7.71. The number of thiophene rings is 1. The number of ether oxygens (including phenoxy) is 1. The summed E-state index contributed by atoms with van der Waals surface area (Å²) in [6.45, 7) is 0. The minimum atomic E-state index is 0.0329. The molecule has 1 N–H and O–H groups in total.